The summed E-state index contributed by atoms with van der Waals surface area (Å²) in [6.45, 7) is 3.91. The largest absolute Gasteiger partial charge is 0.467 e. The average molecular weight is 393 g/mol. The van der Waals surface area contributed by atoms with Crippen LogP contribution >= 0.6 is 0 Å². The standard InChI is InChI=1S/C21H22F3NO3/c1-13-7-8-16(9-14(13)2)11-18(20(27)28-3)25-19(26)12-15-5-4-6-17(10-15)21(22,23)24/h4-10,18H,11-12H2,1-3H3,(H,25,26)/t18-/m1/s1. The number of rotatable bonds is 6. The average Bonchev–Trinajstić information content (AvgIpc) is 2.63. The Bertz CT molecular complexity index is 862. The van der Waals surface area contributed by atoms with Crippen molar-refractivity contribution in [1.82, 2.24) is 5.32 Å². The zero-order valence-electron chi connectivity index (χ0n) is 15.9. The molecule has 0 aromatic heterocycles. The fourth-order valence-electron chi connectivity index (χ4n) is 2.79. The third-order valence-electron chi connectivity index (χ3n) is 4.45. The van der Waals surface area contributed by atoms with E-state index >= 15 is 0 Å². The number of hydrogen-bond donors (Lipinski definition) is 1. The maximum Gasteiger partial charge on any atom is 0.416 e. The van der Waals surface area contributed by atoms with Gasteiger partial charge in [-0.15, -0.1) is 0 Å². The molecular weight excluding hydrogens is 371 g/mol. The number of alkyl halides is 3. The molecule has 2 aromatic carbocycles. The first-order chi connectivity index (χ1) is 13.1. The van der Waals surface area contributed by atoms with Crippen LogP contribution in [0.1, 0.15) is 27.8 Å². The number of ether oxygens (including phenoxy) is 1. The number of methoxy groups -OCH3 is 1. The Morgan fingerprint density at radius 3 is 2.36 bits per heavy atom. The van der Waals surface area contributed by atoms with Crippen LogP contribution in [0.2, 0.25) is 0 Å². The van der Waals surface area contributed by atoms with Gasteiger partial charge in [0, 0.05) is 6.42 Å². The zero-order valence-corrected chi connectivity index (χ0v) is 15.9. The zero-order chi connectivity index (χ0) is 20.9. The van der Waals surface area contributed by atoms with Gasteiger partial charge in [0.15, 0.2) is 0 Å². The summed E-state index contributed by atoms with van der Waals surface area (Å²) in [5, 5.41) is 2.56. The minimum absolute atomic E-state index is 0.210. The summed E-state index contributed by atoms with van der Waals surface area (Å²) < 4.78 is 43.2. The lowest BCUT2D eigenvalue weighted by atomic mass is 10.0. The van der Waals surface area contributed by atoms with Crippen molar-refractivity contribution < 1.29 is 27.5 Å². The van der Waals surface area contributed by atoms with E-state index in [0.717, 1.165) is 28.8 Å². The molecule has 0 saturated carbocycles. The number of nitrogens with one attached hydrogen (secondary N) is 1. The lowest BCUT2D eigenvalue weighted by molar-refractivity contribution is -0.145. The highest BCUT2D eigenvalue weighted by atomic mass is 19.4. The van der Waals surface area contributed by atoms with Gasteiger partial charge in [0.2, 0.25) is 5.91 Å². The number of halogens is 3. The van der Waals surface area contributed by atoms with Gasteiger partial charge in [-0.05, 0) is 42.2 Å². The molecule has 0 aliphatic carbocycles. The molecule has 7 heteroatoms. The van der Waals surface area contributed by atoms with Crippen LogP contribution in [0, 0.1) is 13.8 Å². The van der Waals surface area contributed by atoms with Crippen molar-refractivity contribution in [3.05, 3.63) is 70.3 Å². The molecule has 28 heavy (non-hydrogen) atoms. The minimum atomic E-state index is -4.48. The van der Waals surface area contributed by atoms with Gasteiger partial charge in [0.1, 0.15) is 6.04 Å². The molecule has 0 unspecified atom stereocenters. The maximum atomic E-state index is 12.8. The van der Waals surface area contributed by atoms with E-state index < -0.39 is 29.7 Å². The Hall–Kier alpha value is -2.83. The Morgan fingerprint density at radius 1 is 1.04 bits per heavy atom. The highest BCUT2D eigenvalue weighted by Crippen LogP contribution is 2.29. The van der Waals surface area contributed by atoms with Gasteiger partial charge >= 0.3 is 12.1 Å². The highest BCUT2D eigenvalue weighted by molar-refractivity contribution is 5.85. The second kappa shape index (κ2) is 8.91. The quantitative estimate of drug-likeness (QED) is 0.761. The molecule has 0 bridgehead atoms. The first-order valence-corrected chi connectivity index (χ1v) is 8.69. The molecule has 1 atom stereocenters. The van der Waals surface area contributed by atoms with E-state index in [1.54, 1.807) is 0 Å². The summed E-state index contributed by atoms with van der Waals surface area (Å²) in [6, 6.07) is 9.33. The van der Waals surface area contributed by atoms with E-state index in [9.17, 15) is 22.8 Å². The monoisotopic (exact) mass is 393 g/mol. The van der Waals surface area contributed by atoms with Crippen molar-refractivity contribution in [1.29, 1.82) is 0 Å². The van der Waals surface area contributed by atoms with Crippen molar-refractivity contribution in [2.75, 3.05) is 7.11 Å². The first-order valence-electron chi connectivity index (χ1n) is 8.69. The van der Waals surface area contributed by atoms with Gasteiger partial charge in [0.05, 0.1) is 19.1 Å². The van der Waals surface area contributed by atoms with Gasteiger partial charge in [-0.2, -0.15) is 13.2 Å². The van der Waals surface area contributed by atoms with Gasteiger partial charge in [0.25, 0.3) is 0 Å². The molecule has 0 aliphatic rings. The van der Waals surface area contributed by atoms with Crippen LogP contribution in [0.4, 0.5) is 13.2 Å². The topological polar surface area (TPSA) is 55.4 Å². The van der Waals surface area contributed by atoms with Gasteiger partial charge < -0.3 is 10.1 Å². The number of esters is 1. The maximum absolute atomic E-state index is 12.8. The molecule has 0 radical (unpaired) electrons. The molecule has 0 saturated heterocycles. The van der Waals surface area contributed by atoms with Crippen molar-refractivity contribution in [2.45, 2.75) is 38.9 Å². The second-order valence-electron chi connectivity index (χ2n) is 6.64. The van der Waals surface area contributed by atoms with Crippen LogP contribution in [0.15, 0.2) is 42.5 Å². The van der Waals surface area contributed by atoms with E-state index in [1.807, 2.05) is 32.0 Å². The van der Waals surface area contributed by atoms with Crippen LogP contribution in [0.25, 0.3) is 0 Å². The fraction of sp³-hybridized carbons (Fsp3) is 0.333. The fourth-order valence-corrected chi connectivity index (χ4v) is 2.79. The number of hydrogen-bond acceptors (Lipinski definition) is 3. The predicted octanol–water partition coefficient (Wildman–Crippen LogP) is 3.77. The molecule has 0 fully saturated rings. The molecule has 0 aliphatic heterocycles. The number of amides is 1. The molecule has 1 amide bonds. The minimum Gasteiger partial charge on any atom is -0.467 e. The van der Waals surface area contributed by atoms with Crippen LogP contribution < -0.4 is 5.32 Å². The highest BCUT2D eigenvalue weighted by Gasteiger charge is 2.30. The number of benzene rings is 2. The molecule has 150 valence electrons. The van der Waals surface area contributed by atoms with E-state index in [-0.39, 0.29) is 18.4 Å². The predicted molar refractivity (Wildman–Crippen MR) is 98.7 cm³/mol. The summed E-state index contributed by atoms with van der Waals surface area (Å²) in [7, 11) is 1.22. The van der Waals surface area contributed by atoms with Crippen LogP contribution in [0.5, 0.6) is 0 Å². The SMILES string of the molecule is COC(=O)[C@@H](Cc1ccc(C)c(C)c1)NC(=O)Cc1cccc(C(F)(F)F)c1. The van der Waals surface area contributed by atoms with Crippen LogP contribution in [-0.4, -0.2) is 25.0 Å². The Balaban J connectivity index is 2.10. The van der Waals surface area contributed by atoms with E-state index in [4.69, 9.17) is 4.74 Å². The molecule has 0 spiro atoms. The third kappa shape index (κ3) is 5.84. The van der Waals surface area contributed by atoms with Crippen molar-refractivity contribution >= 4 is 11.9 Å². The Kier molecular flexibility index (Phi) is 6.83. The molecule has 4 nitrogen and oxygen atoms in total. The summed E-state index contributed by atoms with van der Waals surface area (Å²) in [5.41, 5.74) is 2.39. The van der Waals surface area contributed by atoms with Gasteiger partial charge in [-0.1, -0.05) is 36.4 Å². The smallest absolute Gasteiger partial charge is 0.416 e. The second-order valence-corrected chi connectivity index (χ2v) is 6.64. The summed E-state index contributed by atoms with van der Waals surface area (Å²) in [5.74, 6) is -1.17. The molecule has 2 rings (SSSR count). The van der Waals surface area contributed by atoms with Crippen LogP contribution in [0.3, 0.4) is 0 Å². The van der Waals surface area contributed by atoms with Gasteiger partial charge in [-0.25, -0.2) is 4.79 Å². The summed E-state index contributed by atoms with van der Waals surface area (Å²) in [6.07, 6.45) is -4.53. The molecule has 1 N–H and O–H groups in total. The van der Waals surface area contributed by atoms with E-state index in [0.29, 0.717) is 0 Å². The molecule has 2 aromatic rings. The van der Waals surface area contributed by atoms with Crippen molar-refractivity contribution in [2.24, 2.45) is 0 Å². The molecular formula is C21H22F3NO3. The Labute approximate surface area is 161 Å². The third-order valence-corrected chi connectivity index (χ3v) is 4.45. The lowest BCUT2D eigenvalue weighted by Crippen LogP contribution is -2.43. The lowest BCUT2D eigenvalue weighted by Gasteiger charge is -2.17. The summed E-state index contributed by atoms with van der Waals surface area (Å²) in [4.78, 5) is 24.4. The summed E-state index contributed by atoms with van der Waals surface area (Å²) >= 11 is 0. The first kappa shape index (κ1) is 21.5. The Morgan fingerprint density at radius 2 is 1.75 bits per heavy atom. The van der Waals surface area contributed by atoms with Crippen LogP contribution in [-0.2, 0) is 33.3 Å². The van der Waals surface area contributed by atoms with E-state index in [2.05, 4.69) is 5.32 Å². The van der Waals surface area contributed by atoms with Crippen molar-refractivity contribution in [3.8, 4) is 0 Å². The normalized spacial score (nSPS) is 12.4. The van der Waals surface area contributed by atoms with E-state index in [1.165, 1.54) is 19.2 Å². The van der Waals surface area contributed by atoms with Crippen molar-refractivity contribution in [3.63, 3.8) is 0 Å². The number of aryl methyl sites for hydroxylation is 2. The number of carbonyl (C=O) groups excluding carboxylic acids is 2. The van der Waals surface area contributed by atoms with Gasteiger partial charge in [-0.3, -0.25) is 4.79 Å². The molecule has 0 heterocycles. The number of carbonyl (C=O) groups is 2.